The predicted octanol–water partition coefficient (Wildman–Crippen LogP) is 0.707. The molecule has 0 bridgehead atoms. The number of nitrogens with one attached hydrogen (secondary N) is 1. The minimum atomic E-state index is 0.471. The highest BCUT2D eigenvalue weighted by atomic mass is 15.5. The van der Waals surface area contributed by atoms with E-state index in [9.17, 15) is 0 Å². The minimum Gasteiger partial charge on any atom is -0.372 e. The van der Waals surface area contributed by atoms with Gasteiger partial charge in [-0.2, -0.15) is 4.68 Å². The molecule has 1 N–H and O–H groups in total. The van der Waals surface area contributed by atoms with Crippen LogP contribution in [0.2, 0.25) is 0 Å². The van der Waals surface area contributed by atoms with E-state index in [2.05, 4.69) is 26.8 Å². The number of aromatic nitrogens is 4. The molecule has 74 valence electrons. The number of terminal acetylenes is 1. The average molecular weight is 199 g/mol. The smallest absolute Gasteiger partial charge is 0.143 e. The molecule has 0 atom stereocenters. The molecule has 2 aromatic rings. The lowest BCUT2D eigenvalue weighted by molar-refractivity contribution is 0.790. The molecule has 0 spiro atoms. The fourth-order valence-corrected chi connectivity index (χ4v) is 1.24. The molecule has 1 aromatic carbocycles. The monoisotopic (exact) mass is 199 g/mol. The molecule has 0 amide bonds. The van der Waals surface area contributed by atoms with Crippen LogP contribution >= 0.6 is 0 Å². The van der Waals surface area contributed by atoms with Crippen LogP contribution in [0.1, 0.15) is 0 Å². The van der Waals surface area contributed by atoms with Crippen LogP contribution in [0.4, 0.5) is 5.69 Å². The van der Waals surface area contributed by atoms with Gasteiger partial charge in [0, 0.05) is 0 Å². The van der Waals surface area contributed by atoms with Crippen molar-refractivity contribution >= 4 is 5.69 Å². The highest BCUT2D eigenvalue weighted by molar-refractivity contribution is 5.60. The lowest BCUT2D eigenvalue weighted by Gasteiger charge is -2.08. The standard InChI is InChI=1S/C10H9N5/c1-2-7-11-9-5-3-4-6-10(9)15-8-12-13-14-15/h1,3-6,8,11H,7H2. The zero-order valence-electron chi connectivity index (χ0n) is 7.96. The van der Waals surface area contributed by atoms with Crippen molar-refractivity contribution in [1.82, 2.24) is 20.2 Å². The van der Waals surface area contributed by atoms with Gasteiger partial charge in [0.1, 0.15) is 6.33 Å². The molecule has 0 radical (unpaired) electrons. The van der Waals surface area contributed by atoms with Crippen molar-refractivity contribution in [2.24, 2.45) is 0 Å². The van der Waals surface area contributed by atoms with E-state index in [1.165, 1.54) is 6.33 Å². The van der Waals surface area contributed by atoms with Crippen LogP contribution in [-0.2, 0) is 0 Å². The van der Waals surface area contributed by atoms with E-state index in [1.54, 1.807) is 4.68 Å². The molecule has 0 aliphatic carbocycles. The lowest BCUT2D eigenvalue weighted by Crippen LogP contribution is -2.04. The van der Waals surface area contributed by atoms with Crippen LogP contribution in [0.3, 0.4) is 0 Å². The molecular formula is C10H9N5. The summed E-state index contributed by atoms with van der Waals surface area (Å²) in [5, 5.41) is 14.1. The maximum atomic E-state index is 5.19. The number of benzene rings is 1. The van der Waals surface area contributed by atoms with Crippen molar-refractivity contribution in [3.63, 3.8) is 0 Å². The molecule has 0 unspecified atom stereocenters. The molecule has 0 aliphatic heterocycles. The van der Waals surface area contributed by atoms with Crippen LogP contribution in [0.5, 0.6) is 0 Å². The number of rotatable bonds is 3. The van der Waals surface area contributed by atoms with Crippen molar-refractivity contribution in [2.45, 2.75) is 0 Å². The van der Waals surface area contributed by atoms with Crippen LogP contribution in [0.25, 0.3) is 5.69 Å². The van der Waals surface area contributed by atoms with Crippen LogP contribution < -0.4 is 5.32 Å². The summed E-state index contributed by atoms with van der Waals surface area (Å²) >= 11 is 0. The zero-order chi connectivity index (χ0) is 10.5. The molecule has 0 saturated heterocycles. The quantitative estimate of drug-likeness (QED) is 0.739. The van der Waals surface area contributed by atoms with E-state index in [4.69, 9.17) is 6.42 Å². The van der Waals surface area contributed by atoms with E-state index in [0.717, 1.165) is 11.4 Å². The van der Waals surface area contributed by atoms with Crippen molar-refractivity contribution in [1.29, 1.82) is 0 Å². The second-order valence-corrected chi connectivity index (χ2v) is 2.83. The van der Waals surface area contributed by atoms with Crippen LogP contribution in [0, 0.1) is 12.3 Å². The fraction of sp³-hybridized carbons (Fsp3) is 0.100. The number of para-hydroxylation sites is 2. The highest BCUT2D eigenvalue weighted by Crippen LogP contribution is 2.17. The third-order valence-electron chi connectivity index (χ3n) is 1.88. The Bertz CT molecular complexity index is 469. The van der Waals surface area contributed by atoms with Crippen molar-refractivity contribution in [3.05, 3.63) is 30.6 Å². The molecule has 0 aliphatic rings. The molecule has 0 saturated carbocycles. The third kappa shape index (κ3) is 1.94. The molecular weight excluding hydrogens is 190 g/mol. The maximum absolute atomic E-state index is 5.19. The number of hydrogen-bond donors (Lipinski definition) is 1. The Morgan fingerprint density at radius 2 is 2.27 bits per heavy atom. The van der Waals surface area contributed by atoms with Gasteiger partial charge >= 0.3 is 0 Å². The first kappa shape index (κ1) is 9.21. The summed E-state index contributed by atoms with van der Waals surface area (Å²) in [6.45, 7) is 0.471. The Hall–Kier alpha value is -2.35. The first-order valence-corrected chi connectivity index (χ1v) is 4.41. The molecule has 1 aromatic heterocycles. The lowest BCUT2D eigenvalue weighted by atomic mass is 10.2. The Balaban J connectivity index is 2.35. The first-order valence-electron chi connectivity index (χ1n) is 4.41. The number of hydrogen-bond acceptors (Lipinski definition) is 4. The van der Waals surface area contributed by atoms with Gasteiger partial charge in [0.2, 0.25) is 0 Å². The maximum Gasteiger partial charge on any atom is 0.143 e. The normalized spacial score (nSPS) is 9.53. The largest absolute Gasteiger partial charge is 0.372 e. The molecule has 5 heteroatoms. The molecule has 0 fully saturated rings. The van der Waals surface area contributed by atoms with Gasteiger partial charge in [-0.3, -0.25) is 0 Å². The van der Waals surface area contributed by atoms with Gasteiger partial charge in [-0.1, -0.05) is 18.1 Å². The summed E-state index contributed by atoms with van der Waals surface area (Å²) in [5.41, 5.74) is 1.78. The minimum absolute atomic E-state index is 0.471. The molecule has 15 heavy (non-hydrogen) atoms. The van der Waals surface area contributed by atoms with Crippen molar-refractivity contribution < 1.29 is 0 Å². The summed E-state index contributed by atoms with van der Waals surface area (Å²) in [7, 11) is 0. The summed E-state index contributed by atoms with van der Waals surface area (Å²) in [6.07, 6.45) is 6.72. The summed E-state index contributed by atoms with van der Waals surface area (Å²) < 4.78 is 1.58. The third-order valence-corrected chi connectivity index (χ3v) is 1.88. The average Bonchev–Trinajstić information content (AvgIpc) is 2.80. The van der Waals surface area contributed by atoms with E-state index < -0.39 is 0 Å². The van der Waals surface area contributed by atoms with E-state index in [-0.39, 0.29) is 0 Å². The van der Waals surface area contributed by atoms with Gasteiger partial charge in [0.05, 0.1) is 17.9 Å². The van der Waals surface area contributed by atoms with Gasteiger partial charge in [-0.15, -0.1) is 11.5 Å². The second-order valence-electron chi connectivity index (χ2n) is 2.83. The van der Waals surface area contributed by atoms with Crippen molar-refractivity contribution in [2.75, 3.05) is 11.9 Å². The SMILES string of the molecule is C#CCNc1ccccc1-n1cnnn1. The number of nitrogens with zero attached hydrogens (tertiary/aromatic N) is 4. The van der Waals surface area contributed by atoms with Gasteiger partial charge in [-0.25, -0.2) is 0 Å². The van der Waals surface area contributed by atoms with Gasteiger partial charge in [-0.05, 0) is 22.6 Å². The summed E-state index contributed by atoms with van der Waals surface area (Å²) in [4.78, 5) is 0. The Kier molecular flexibility index (Phi) is 2.61. The van der Waals surface area contributed by atoms with E-state index >= 15 is 0 Å². The second kappa shape index (κ2) is 4.24. The topological polar surface area (TPSA) is 55.6 Å². The van der Waals surface area contributed by atoms with Crippen LogP contribution in [0.15, 0.2) is 30.6 Å². The van der Waals surface area contributed by atoms with Crippen molar-refractivity contribution in [3.8, 4) is 18.0 Å². The molecule has 2 rings (SSSR count). The van der Waals surface area contributed by atoms with Gasteiger partial charge in [0.25, 0.3) is 0 Å². The van der Waals surface area contributed by atoms with Gasteiger partial charge < -0.3 is 5.32 Å². The predicted molar refractivity (Wildman–Crippen MR) is 56.5 cm³/mol. The summed E-state index contributed by atoms with van der Waals surface area (Å²) in [5.74, 6) is 2.52. The summed E-state index contributed by atoms with van der Waals surface area (Å²) in [6, 6.07) is 7.67. The number of tetrazole rings is 1. The number of anilines is 1. The zero-order valence-corrected chi connectivity index (χ0v) is 7.96. The first-order chi connectivity index (χ1) is 7.42. The molecule has 1 heterocycles. The Morgan fingerprint density at radius 1 is 1.40 bits per heavy atom. The highest BCUT2D eigenvalue weighted by Gasteiger charge is 2.03. The fourth-order valence-electron chi connectivity index (χ4n) is 1.24. The Morgan fingerprint density at radius 3 is 3.00 bits per heavy atom. The van der Waals surface area contributed by atoms with E-state index in [1.807, 2.05) is 24.3 Å². The van der Waals surface area contributed by atoms with E-state index in [0.29, 0.717) is 6.54 Å². The van der Waals surface area contributed by atoms with Gasteiger partial charge in [0.15, 0.2) is 0 Å². The van der Waals surface area contributed by atoms with Crippen LogP contribution in [-0.4, -0.2) is 26.8 Å². The molecule has 5 nitrogen and oxygen atoms in total. The Labute approximate surface area is 87.1 Å².